The topological polar surface area (TPSA) is 76.5 Å². The third-order valence-corrected chi connectivity index (χ3v) is 3.59. The number of nitrogens with zero attached hydrogens (tertiary/aromatic N) is 3. The zero-order valence-corrected chi connectivity index (χ0v) is 11.9. The Hall–Kier alpha value is -2.57. The molecule has 110 valence electrons. The first-order chi connectivity index (χ1) is 10.1. The summed E-state index contributed by atoms with van der Waals surface area (Å²) in [5.41, 5.74) is 1.71. The van der Waals surface area contributed by atoms with Crippen LogP contribution in [0, 0.1) is 0 Å². The number of hydrogen-bond acceptors (Lipinski definition) is 4. The molecule has 1 fully saturated rings. The molecule has 1 atom stereocenters. The van der Waals surface area contributed by atoms with Crippen LogP contribution in [0.25, 0.3) is 10.9 Å². The van der Waals surface area contributed by atoms with E-state index >= 15 is 0 Å². The molecule has 0 bridgehead atoms. The van der Waals surface area contributed by atoms with Crippen LogP contribution in [0.2, 0.25) is 0 Å². The summed E-state index contributed by atoms with van der Waals surface area (Å²) in [5, 5.41) is 7.71. The molecule has 7 heteroatoms. The molecule has 1 aromatic heterocycles. The van der Waals surface area contributed by atoms with Crippen molar-refractivity contribution in [3.05, 3.63) is 24.4 Å². The Kier molecular flexibility index (Phi) is 3.25. The van der Waals surface area contributed by atoms with Crippen molar-refractivity contribution in [1.29, 1.82) is 0 Å². The predicted octanol–water partition coefficient (Wildman–Crippen LogP) is 1.13. The molecular weight excluding hydrogens is 272 g/mol. The van der Waals surface area contributed by atoms with Crippen molar-refractivity contribution in [2.75, 3.05) is 18.5 Å². The van der Waals surface area contributed by atoms with E-state index in [1.807, 2.05) is 29.8 Å². The van der Waals surface area contributed by atoms with Gasteiger partial charge in [0.25, 0.3) is 5.91 Å². The van der Waals surface area contributed by atoms with Gasteiger partial charge in [0.05, 0.1) is 18.3 Å². The zero-order valence-electron chi connectivity index (χ0n) is 11.9. The molecule has 0 unspecified atom stereocenters. The average molecular weight is 288 g/mol. The highest BCUT2D eigenvalue weighted by Crippen LogP contribution is 2.26. The zero-order chi connectivity index (χ0) is 15.0. The van der Waals surface area contributed by atoms with Gasteiger partial charge in [-0.05, 0) is 25.1 Å². The molecule has 1 aromatic carbocycles. The molecule has 0 radical (unpaired) electrons. The van der Waals surface area contributed by atoms with Gasteiger partial charge in [-0.15, -0.1) is 0 Å². The Labute approximate surface area is 121 Å². The minimum absolute atomic E-state index is 0.214. The normalized spacial score (nSPS) is 18.1. The Morgan fingerprint density at radius 1 is 1.52 bits per heavy atom. The Bertz CT molecular complexity index is 709. The predicted molar refractivity (Wildman–Crippen MR) is 77.1 cm³/mol. The van der Waals surface area contributed by atoms with Crippen molar-refractivity contribution >= 4 is 28.6 Å². The highest BCUT2D eigenvalue weighted by atomic mass is 16.6. The molecule has 1 saturated heterocycles. The highest BCUT2D eigenvalue weighted by Gasteiger charge is 2.36. The lowest BCUT2D eigenvalue weighted by molar-refractivity contribution is -0.127. The number of nitrogens with one attached hydrogen (secondary N) is 1. The van der Waals surface area contributed by atoms with E-state index < -0.39 is 12.2 Å². The molecule has 0 saturated carbocycles. The highest BCUT2D eigenvalue weighted by molar-refractivity contribution is 5.97. The van der Waals surface area contributed by atoms with E-state index in [4.69, 9.17) is 4.74 Å². The second-order valence-corrected chi connectivity index (χ2v) is 4.80. The molecule has 2 amide bonds. The van der Waals surface area contributed by atoms with Gasteiger partial charge in [-0.25, -0.2) is 4.79 Å². The molecule has 21 heavy (non-hydrogen) atoms. The van der Waals surface area contributed by atoms with E-state index in [0.29, 0.717) is 5.69 Å². The van der Waals surface area contributed by atoms with Crippen molar-refractivity contribution in [2.24, 2.45) is 0 Å². The summed E-state index contributed by atoms with van der Waals surface area (Å²) in [6.45, 7) is 3.02. The third kappa shape index (κ3) is 2.20. The van der Waals surface area contributed by atoms with Crippen LogP contribution >= 0.6 is 0 Å². The van der Waals surface area contributed by atoms with Gasteiger partial charge < -0.3 is 10.1 Å². The quantitative estimate of drug-likeness (QED) is 0.918. The number of anilines is 1. The van der Waals surface area contributed by atoms with Crippen molar-refractivity contribution in [3.8, 4) is 0 Å². The second kappa shape index (κ2) is 5.08. The van der Waals surface area contributed by atoms with Gasteiger partial charge in [-0.2, -0.15) is 5.10 Å². The molecule has 0 spiro atoms. The van der Waals surface area contributed by atoms with E-state index in [9.17, 15) is 9.59 Å². The molecular formula is C14H16N4O3. The number of benzene rings is 1. The first-order valence-corrected chi connectivity index (χ1v) is 6.79. The molecule has 1 aliphatic rings. The summed E-state index contributed by atoms with van der Waals surface area (Å²) < 4.78 is 6.96. The summed E-state index contributed by atoms with van der Waals surface area (Å²) in [4.78, 5) is 24.9. The first-order valence-electron chi connectivity index (χ1n) is 6.79. The standard InChI is InChI=1S/C14H16N4O3/c1-3-18-11-5-4-10(6-9(11)7-16-18)17-8-12(13(19)15-2)21-14(17)20/h4-7,12H,3,8H2,1-2H3,(H,15,19)/t12-/m1/s1. The summed E-state index contributed by atoms with van der Waals surface area (Å²) >= 11 is 0. The number of cyclic esters (lactones) is 1. The maximum absolute atomic E-state index is 11.9. The maximum atomic E-state index is 11.9. The molecule has 3 rings (SSSR count). The van der Waals surface area contributed by atoms with Crippen LogP contribution in [0.15, 0.2) is 24.4 Å². The molecule has 2 aromatic rings. The largest absolute Gasteiger partial charge is 0.434 e. The van der Waals surface area contributed by atoms with E-state index in [2.05, 4.69) is 10.4 Å². The third-order valence-electron chi connectivity index (χ3n) is 3.59. The van der Waals surface area contributed by atoms with Crippen molar-refractivity contribution in [2.45, 2.75) is 19.6 Å². The number of fused-ring (bicyclic) bond motifs is 1. The van der Waals surface area contributed by atoms with Crippen LogP contribution in [-0.4, -0.2) is 41.5 Å². The summed E-state index contributed by atoms with van der Waals surface area (Å²) in [6, 6.07) is 5.63. The van der Waals surface area contributed by atoms with Crippen molar-refractivity contribution in [1.82, 2.24) is 15.1 Å². The van der Waals surface area contributed by atoms with Crippen molar-refractivity contribution < 1.29 is 14.3 Å². The lowest BCUT2D eigenvalue weighted by Gasteiger charge is -2.13. The summed E-state index contributed by atoms with van der Waals surface area (Å²) in [6.07, 6.45) is 0.488. The van der Waals surface area contributed by atoms with Gasteiger partial charge in [0, 0.05) is 24.7 Å². The van der Waals surface area contributed by atoms with Crippen LogP contribution in [-0.2, 0) is 16.1 Å². The summed E-state index contributed by atoms with van der Waals surface area (Å²) in [5.74, 6) is -0.300. The van der Waals surface area contributed by atoms with Crippen LogP contribution < -0.4 is 10.2 Å². The number of ether oxygens (including phenoxy) is 1. The number of amides is 2. The smallest absolute Gasteiger partial charge is 0.415 e. The fourth-order valence-corrected chi connectivity index (χ4v) is 2.47. The minimum atomic E-state index is -0.767. The van der Waals surface area contributed by atoms with Crippen molar-refractivity contribution in [3.63, 3.8) is 0 Å². The fraction of sp³-hybridized carbons (Fsp3) is 0.357. The minimum Gasteiger partial charge on any atom is -0.434 e. The Morgan fingerprint density at radius 3 is 3.05 bits per heavy atom. The Morgan fingerprint density at radius 2 is 2.33 bits per heavy atom. The van der Waals surface area contributed by atoms with Crippen LogP contribution in [0.3, 0.4) is 0 Å². The van der Waals surface area contributed by atoms with Gasteiger partial charge in [-0.3, -0.25) is 14.4 Å². The molecule has 1 aliphatic heterocycles. The van der Waals surface area contributed by atoms with Gasteiger partial charge in [0.15, 0.2) is 6.10 Å². The lowest BCUT2D eigenvalue weighted by atomic mass is 10.2. The number of carbonyl (C=O) groups excluding carboxylic acids is 2. The fourth-order valence-electron chi connectivity index (χ4n) is 2.47. The van der Waals surface area contributed by atoms with E-state index in [1.54, 1.807) is 6.20 Å². The number of aromatic nitrogens is 2. The Balaban J connectivity index is 1.90. The van der Waals surface area contributed by atoms with Gasteiger partial charge in [-0.1, -0.05) is 0 Å². The van der Waals surface area contributed by atoms with Gasteiger partial charge in [0.1, 0.15) is 0 Å². The molecule has 7 nitrogen and oxygen atoms in total. The monoisotopic (exact) mass is 288 g/mol. The SMILES string of the molecule is CCn1ncc2cc(N3C[C@H](C(=O)NC)OC3=O)ccc21. The maximum Gasteiger partial charge on any atom is 0.415 e. The van der Waals surface area contributed by atoms with E-state index in [0.717, 1.165) is 17.4 Å². The molecule has 1 N–H and O–H groups in total. The number of likely N-dealkylation sites (N-methyl/N-ethyl adjacent to an activating group) is 1. The first kappa shape index (κ1) is 13.4. The second-order valence-electron chi connectivity index (χ2n) is 4.80. The number of aryl methyl sites for hydroxylation is 1. The van der Waals surface area contributed by atoms with Gasteiger partial charge in [0.2, 0.25) is 0 Å². The number of hydrogen-bond donors (Lipinski definition) is 1. The van der Waals surface area contributed by atoms with Gasteiger partial charge >= 0.3 is 6.09 Å². The van der Waals surface area contributed by atoms with E-state index in [1.165, 1.54) is 11.9 Å². The average Bonchev–Trinajstić information content (AvgIpc) is 3.08. The van der Waals surface area contributed by atoms with Crippen LogP contribution in [0.5, 0.6) is 0 Å². The molecule has 2 heterocycles. The number of rotatable bonds is 3. The number of carbonyl (C=O) groups is 2. The summed E-state index contributed by atoms with van der Waals surface area (Å²) in [7, 11) is 1.52. The van der Waals surface area contributed by atoms with Crippen LogP contribution in [0.4, 0.5) is 10.5 Å². The molecule has 0 aliphatic carbocycles. The lowest BCUT2D eigenvalue weighted by Crippen LogP contribution is -2.35. The van der Waals surface area contributed by atoms with Crippen LogP contribution in [0.1, 0.15) is 6.92 Å². The van der Waals surface area contributed by atoms with E-state index in [-0.39, 0.29) is 12.5 Å².